The van der Waals surface area contributed by atoms with E-state index >= 15 is 0 Å². The highest BCUT2D eigenvalue weighted by Gasteiger charge is 2.39. The zero-order valence-corrected chi connectivity index (χ0v) is 13.3. The van der Waals surface area contributed by atoms with Crippen molar-refractivity contribution in [1.29, 1.82) is 0 Å². The van der Waals surface area contributed by atoms with Gasteiger partial charge in [0.05, 0.1) is 16.4 Å². The molecule has 21 heavy (non-hydrogen) atoms. The first-order chi connectivity index (χ1) is 9.82. The number of nitro benzene ring substituents is 1. The Labute approximate surface area is 134 Å². The van der Waals surface area contributed by atoms with E-state index in [0.29, 0.717) is 16.5 Å². The molecule has 0 saturated carbocycles. The maximum absolute atomic E-state index is 12.5. The molecule has 2 unspecified atom stereocenters. The van der Waals surface area contributed by atoms with E-state index < -0.39 is 22.9 Å². The monoisotopic (exact) mass is 404 g/mol. The van der Waals surface area contributed by atoms with Crippen molar-refractivity contribution in [2.45, 2.75) is 19.4 Å². The Hall–Kier alpha value is -1.71. The molecule has 0 aliphatic carbocycles. The number of carbonyl (C=O) groups excluding carboxylic acids is 1. The van der Waals surface area contributed by atoms with Crippen molar-refractivity contribution in [2.24, 2.45) is 5.92 Å². The van der Waals surface area contributed by atoms with E-state index in [1.165, 1.54) is 23.1 Å². The number of benzene rings is 1. The molecule has 7 nitrogen and oxygen atoms in total. The fourth-order valence-electron chi connectivity index (χ4n) is 2.50. The van der Waals surface area contributed by atoms with Crippen molar-refractivity contribution in [1.82, 2.24) is 4.90 Å². The fraction of sp³-hybridized carbons (Fsp3) is 0.385. The van der Waals surface area contributed by atoms with Crippen LogP contribution in [-0.2, 0) is 4.79 Å². The second-order valence-corrected chi connectivity index (χ2v) is 6.06. The minimum atomic E-state index is -0.925. The topological polar surface area (TPSA) is 101 Å². The Morgan fingerprint density at radius 1 is 1.48 bits per heavy atom. The van der Waals surface area contributed by atoms with Crippen molar-refractivity contribution < 1.29 is 19.6 Å². The van der Waals surface area contributed by atoms with Crippen molar-refractivity contribution in [3.05, 3.63) is 37.4 Å². The highest BCUT2D eigenvalue weighted by Crippen LogP contribution is 2.28. The number of amides is 1. The molecule has 1 aliphatic rings. The van der Waals surface area contributed by atoms with Crippen molar-refractivity contribution >= 4 is 40.2 Å². The summed E-state index contributed by atoms with van der Waals surface area (Å²) in [6, 6.07) is 3.67. The zero-order chi connectivity index (χ0) is 15.7. The van der Waals surface area contributed by atoms with Crippen LogP contribution in [0.25, 0.3) is 0 Å². The van der Waals surface area contributed by atoms with Gasteiger partial charge in [0.2, 0.25) is 0 Å². The quantitative estimate of drug-likeness (QED) is 0.473. The van der Waals surface area contributed by atoms with Crippen LogP contribution in [0.4, 0.5) is 5.69 Å². The van der Waals surface area contributed by atoms with E-state index in [9.17, 15) is 19.7 Å². The summed E-state index contributed by atoms with van der Waals surface area (Å²) in [5, 5.41) is 19.9. The molecule has 0 aromatic heterocycles. The van der Waals surface area contributed by atoms with Crippen LogP contribution in [0.1, 0.15) is 23.7 Å². The number of carboxylic acids is 1. The second kappa shape index (κ2) is 5.96. The number of rotatable bonds is 3. The Kier molecular flexibility index (Phi) is 4.45. The number of aliphatic carboxylic acids is 1. The summed E-state index contributed by atoms with van der Waals surface area (Å²) in [5.74, 6) is -1.88. The lowest BCUT2D eigenvalue weighted by Gasteiger charge is -2.23. The number of likely N-dealkylation sites (tertiary alicyclic amines) is 1. The Morgan fingerprint density at radius 2 is 2.14 bits per heavy atom. The van der Waals surface area contributed by atoms with E-state index in [-0.39, 0.29) is 17.2 Å². The number of hydrogen-bond donors (Lipinski definition) is 1. The summed E-state index contributed by atoms with van der Waals surface area (Å²) in [6.07, 6.45) is 0.397. The van der Waals surface area contributed by atoms with Gasteiger partial charge in [0.15, 0.2) is 0 Å². The second-order valence-electron chi connectivity index (χ2n) is 4.89. The van der Waals surface area contributed by atoms with Gasteiger partial charge in [0, 0.05) is 28.3 Å². The molecular formula is C13H13IN2O5. The lowest BCUT2D eigenvalue weighted by atomic mass is 10.0. The maximum Gasteiger partial charge on any atom is 0.308 e. The Balaban J connectivity index is 2.31. The van der Waals surface area contributed by atoms with Gasteiger partial charge in [-0.1, -0.05) is 0 Å². The third kappa shape index (κ3) is 2.99. The number of nitro groups is 1. The van der Waals surface area contributed by atoms with Gasteiger partial charge in [-0.2, -0.15) is 0 Å². The van der Waals surface area contributed by atoms with Crippen molar-refractivity contribution in [3.8, 4) is 0 Å². The molecule has 0 radical (unpaired) electrons. The first kappa shape index (κ1) is 15.7. The normalized spacial score (nSPS) is 21.3. The molecule has 8 heteroatoms. The minimum absolute atomic E-state index is 0.152. The van der Waals surface area contributed by atoms with Crippen LogP contribution in [-0.4, -0.2) is 39.4 Å². The standard InChI is InChI=1S/C13H13IN2O5/c1-7-9(13(18)19)4-5-15(7)12(17)10-6-8(16(20)21)2-3-11(10)14/h2-3,6-7,9H,4-5H2,1H3,(H,18,19). The largest absolute Gasteiger partial charge is 0.481 e. The molecule has 0 spiro atoms. The Bertz CT molecular complexity index is 619. The van der Waals surface area contributed by atoms with E-state index in [1.54, 1.807) is 6.92 Å². The lowest BCUT2D eigenvalue weighted by Crippen LogP contribution is -2.38. The van der Waals surface area contributed by atoms with Crippen LogP contribution in [0.2, 0.25) is 0 Å². The summed E-state index contributed by atoms with van der Waals surface area (Å²) >= 11 is 1.94. The molecule has 0 bridgehead atoms. The predicted molar refractivity (Wildman–Crippen MR) is 82.1 cm³/mol. The molecule has 1 heterocycles. The SMILES string of the molecule is CC1C(C(=O)O)CCN1C(=O)c1cc([N+](=O)[O-])ccc1I. The molecule has 1 N–H and O–H groups in total. The molecule has 2 rings (SSSR count). The molecule has 1 aromatic carbocycles. The van der Waals surface area contributed by atoms with Gasteiger partial charge in [-0.05, 0) is 42.0 Å². The van der Waals surface area contributed by atoms with Gasteiger partial charge in [0.1, 0.15) is 0 Å². The third-order valence-electron chi connectivity index (χ3n) is 3.72. The van der Waals surface area contributed by atoms with E-state index in [2.05, 4.69) is 0 Å². The van der Waals surface area contributed by atoms with E-state index in [1.807, 2.05) is 22.6 Å². The number of halogens is 1. The van der Waals surface area contributed by atoms with E-state index in [4.69, 9.17) is 5.11 Å². The van der Waals surface area contributed by atoms with Crippen molar-refractivity contribution in [2.75, 3.05) is 6.54 Å². The molecule has 1 amide bonds. The number of carbonyl (C=O) groups is 2. The summed E-state index contributed by atoms with van der Waals surface area (Å²) in [4.78, 5) is 35.4. The van der Waals surface area contributed by atoms with E-state index in [0.717, 1.165) is 0 Å². The smallest absolute Gasteiger partial charge is 0.308 e. The summed E-state index contributed by atoms with van der Waals surface area (Å²) in [6.45, 7) is 2.03. The number of nitrogens with zero attached hydrogens (tertiary/aromatic N) is 2. The lowest BCUT2D eigenvalue weighted by molar-refractivity contribution is -0.384. The van der Waals surface area contributed by atoms with Gasteiger partial charge in [-0.15, -0.1) is 0 Å². The first-order valence-corrected chi connectivity index (χ1v) is 7.38. The number of carboxylic acid groups (broad SMARTS) is 1. The van der Waals surface area contributed by atoms with Crippen LogP contribution in [0.15, 0.2) is 18.2 Å². The molecule has 1 fully saturated rings. The zero-order valence-electron chi connectivity index (χ0n) is 11.2. The highest BCUT2D eigenvalue weighted by molar-refractivity contribution is 14.1. The summed E-state index contributed by atoms with van der Waals surface area (Å²) in [5.41, 5.74) is 0.0862. The molecular weight excluding hydrogens is 391 g/mol. The average molecular weight is 404 g/mol. The first-order valence-electron chi connectivity index (χ1n) is 6.30. The number of hydrogen-bond acceptors (Lipinski definition) is 4. The van der Waals surface area contributed by atoms with Crippen LogP contribution >= 0.6 is 22.6 Å². The average Bonchev–Trinajstić information content (AvgIpc) is 2.80. The highest BCUT2D eigenvalue weighted by atomic mass is 127. The summed E-state index contributed by atoms with van der Waals surface area (Å²) < 4.78 is 0.606. The van der Waals surface area contributed by atoms with Crippen LogP contribution in [0, 0.1) is 19.6 Å². The van der Waals surface area contributed by atoms with Crippen molar-refractivity contribution in [3.63, 3.8) is 0 Å². The van der Waals surface area contributed by atoms with Gasteiger partial charge in [0.25, 0.3) is 11.6 Å². The summed E-state index contributed by atoms with van der Waals surface area (Å²) in [7, 11) is 0. The van der Waals surface area contributed by atoms with Gasteiger partial charge < -0.3 is 10.0 Å². The predicted octanol–water partition coefficient (Wildman–Crippen LogP) is 2.13. The van der Waals surface area contributed by atoms with Gasteiger partial charge in [-0.3, -0.25) is 19.7 Å². The Morgan fingerprint density at radius 3 is 2.67 bits per heavy atom. The third-order valence-corrected chi connectivity index (χ3v) is 4.66. The van der Waals surface area contributed by atoms with Crippen LogP contribution in [0.3, 0.4) is 0 Å². The fourth-order valence-corrected chi connectivity index (χ4v) is 3.07. The molecule has 2 atom stereocenters. The molecule has 112 valence electrons. The van der Waals surface area contributed by atoms with Gasteiger partial charge in [-0.25, -0.2) is 0 Å². The van der Waals surface area contributed by atoms with Crippen LogP contribution < -0.4 is 0 Å². The minimum Gasteiger partial charge on any atom is -0.481 e. The van der Waals surface area contributed by atoms with Gasteiger partial charge >= 0.3 is 5.97 Å². The maximum atomic E-state index is 12.5. The van der Waals surface area contributed by atoms with Crippen LogP contribution in [0.5, 0.6) is 0 Å². The molecule has 1 aliphatic heterocycles. The molecule has 1 saturated heterocycles. The number of non-ortho nitro benzene ring substituents is 1. The molecule has 1 aromatic rings.